The van der Waals surface area contributed by atoms with E-state index in [1.54, 1.807) is 86.0 Å². The van der Waals surface area contributed by atoms with Crippen LogP contribution in [0.2, 0.25) is 0 Å². The Labute approximate surface area is 260 Å². The molecule has 8 nitrogen and oxygen atoms in total. The number of benzene rings is 4. The highest BCUT2D eigenvalue weighted by Crippen LogP contribution is 2.36. The number of anilines is 2. The summed E-state index contributed by atoms with van der Waals surface area (Å²) in [7, 11) is 1.57. The van der Waals surface area contributed by atoms with Crippen molar-refractivity contribution in [2.75, 3.05) is 17.3 Å². The third-order valence-corrected chi connectivity index (χ3v) is 8.22. The first-order chi connectivity index (χ1) is 21.2. The van der Waals surface area contributed by atoms with Crippen LogP contribution >= 0.6 is 11.8 Å². The molecule has 1 aliphatic rings. The van der Waals surface area contributed by atoms with Crippen LogP contribution < -0.4 is 20.3 Å². The van der Waals surface area contributed by atoms with Crippen molar-refractivity contribution in [3.05, 3.63) is 125 Å². The van der Waals surface area contributed by atoms with E-state index in [1.807, 2.05) is 38.1 Å². The van der Waals surface area contributed by atoms with Gasteiger partial charge in [-0.05, 0) is 85.1 Å². The minimum absolute atomic E-state index is 0.0443. The molecule has 4 aromatic rings. The highest BCUT2D eigenvalue weighted by Gasteiger charge is 2.40. The van der Waals surface area contributed by atoms with Crippen LogP contribution in [0.3, 0.4) is 0 Å². The van der Waals surface area contributed by atoms with Crippen LogP contribution in [0.5, 0.6) is 5.75 Å². The van der Waals surface area contributed by atoms with Gasteiger partial charge in [0.1, 0.15) is 11.4 Å². The number of carbonyl (C=O) groups excluding carboxylic acids is 4. The third kappa shape index (κ3) is 7.07. The van der Waals surface area contributed by atoms with Crippen molar-refractivity contribution in [1.82, 2.24) is 5.32 Å². The van der Waals surface area contributed by atoms with Gasteiger partial charge in [0.2, 0.25) is 11.8 Å². The zero-order valence-electron chi connectivity index (χ0n) is 24.5. The minimum Gasteiger partial charge on any atom is -0.497 e. The predicted molar refractivity (Wildman–Crippen MR) is 173 cm³/mol. The molecule has 5 rings (SSSR count). The van der Waals surface area contributed by atoms with Crippen LogP contribution in [-0.2, 0) is 14.4 Å². The van der Waals surface area contributed by atoms with E-state index in [-0.39, 0.29) is 23.9 Å². The Balaban J connectivity index is 1.33. The van der Waals surface area contributed by atoms with E-state index >= 15 is 0 Å². The summed E-state index contributed by atoms with van der Waals surface area (Å²) in [5.74, 6) is -0.803. The van der Waals surface area contributed by atoms with Crippen molar-refractivity contribution in [1.29, 1.82) is 0 Å². The molecule has 1 heterocycles. The molecule has 9 heteroatoms. The van der Waals surface area contributed by atoms with E-state index in [4.69, 9.17) is 4.74 Å². The maximum atomic E-state index is 13.5. The molecule has 0 bridgehead atoms. The van der Waals surface area contributed by atoms with Crippen molar-refractivity contribution in [3.8, 4) is 5.75 Å². The predicted octanol–water partition coefficient (Wildman–Crippen LogP) is 6.15. The number of rotatable bonds is 9. The van der Waals surface area contributed by atoms with Crippen LogP contribution in [0.25, 0.3) is 6.08 Å². The first-order valence-electron chi connectivity index (χ1n) is 14.0. The average molecular weight is 606 g/mol. The number of amides is 4. The molecule has 0 spiro atoms. The molecule has 4 amide bonds. The summed E-state index contributed by atoms with van der Waals surface area (Å²) in [5.41, 5.74) is 4.03. The Hall–Kier alpha value is -5.15. The van der Waals surface area contributed by atoms with Crippen LogP contribution in [0.4, 0.5) is 11.4 Å². The van der Waals surface area contributed by atoms with E-state index < -0.39 is 17.1 Å². The normalized spacial score (nSPS) is 14.8. The van der Waals surface area contributed by atoms with Crippen molar-refractivity contribution in [2.45, 2.75) is 30.4 Å². The average Bonchev–Trinajstić information content (AvgIpc) is 3.30. The van der Waals surface area contributed by atoms with Gasteiger partial charge in [-0.1, -0.05) is 48.5 Å². The lowest BCUT2D eigenvalue weighted by atomic mass is 10.1. The van der Waals surface area contributed by atoms with Crippen molar-refractivity contribution >= 4 is 52.8 Å². The molecule has 2 N–H and O–H groups in total. The van der Waals surface area contributed by atoms with Crippen LogP contribution in [0.1, 0.15) is 33.5 Å². The fraction of sp³-hybridized carbons (Fsp3) is 0.143. The standard InChI is InChI=1S/C35H31N3O5S/c1-22-12-13-23(2)30(18-22)38-32(39)21-31(35(38)42)44-28-11-7-10-26(20-28)36-34(41)29(19-24-14-16-27(43-3)17-15-24)37-33(40)25-8-5-4-6-9-25/h4-20,31H,21H2,1-3H3,(H,36,41)(H,37,40)/b29-19-/t31-/m0/s1. The molecular weight excluding hydrogens is 574 g/mol. The fourth-order valence-corrected chi connectivity index (χ4v) is 5.84. The first-order valence-corrected chi connectivity index (χ1v) is 14.8. The van der Waals surface area contributed by atoms with E-state index in [0.717, 1.165) is 11.1 Å². The number of hydrogen-bond donors (Lipinski definition) is 2. The Morgan fingerprint density at radius 3 is 2.39 bits per heavy atom. The summed E-state index contributed by atoms with van der Waals surface area (Å²) in [6.07, 6.45) is 1.66. The zero-order chi connectivity index (χ0) is 31.2. The van der Waals surface area contributed by atoms with Gasteiger partial charge in [0.15, 0.2) is 0 Å². The Kier molecular flexibility index (Phi) is 9.26. The molecule has 0 saturated carbocycles. The highest BCUT2D eigenvalue weighted by atomic mass is 32.2. The van der Waals surface area contributed by atoms with E-state index in [0.29, 0.717) is 33.1 Å². The molecule has 0 unspecified atom stereocenters. The van der Waals surface area contributed by atoms with Gasteiger partial charge < -0.3 is 15.4 Å². The zero-order valence-corrected chi connectivity index (χ0v) is 25.3. The number of carbonyl (C=O) groups is 4. The summed E-state index contributed by atoms with van der Waals surface area (Å²) < 4.78 is 5.22. The molecule has 0 radical (unpaired) electrons. The molecule has 222 valence electrons. The number of methoxy groups -OCH3 is 1. The number of aryl methyl sites for hydroxylation is 2. The molecule has 0 aliphatic carbocycles. The molecule has 1 aliphatic heterocycles. The van der Waals surface area contributed by atoms with Crippen LogP contribution in [0, 0.1) is 13.8 Å². The fourth-order valence-electron chi connectivity index (χ4n) is 4.73. The summed E-state index contributed by atoms with van der Waals surface area (Å²) >= 11 is 1.28. The van der Waals surface area contributed by atoms with Crippen molar-refractivity contribution < 1.29 is 23.9 Å². The minimum atomic E-state index is -0.593. The lowest BCUT2D eigenvalue weighted by Crippen LogP contribution is -2.31. The molecule has 44 heavy (non-hydrogen) atoms. The van der Waals surface area contributed by atoms with Crippen LogP contribution in [-0.4, -0.2) is 36.0 Å². The number of nitrogens with zero attached hydrogens (tertiary/aromatic N) is 1. The van der Waals surface area contributed by atoms with E-state index in [9.17, 15) is 19.2 Å². The second kappa shape index (κ2) is 13.4. The maximum absolute atomic E-state index is 13.5. The van der Waals surface area contributed by atoms with Gasteiger partial charge >= 0.3 is 0 Å². The molecule has 1 atom stereocenters. The van der Waals surface area contributed by atoms with Gasteiger partial charge in [-0.2, -0.15) is 0 Å². The Morgan fingerprint density at radius 1 is 0.909 bits per heavy atom. The summed E-state index contributed by atoms with van der Waals surface area (Å²) in [5, 5.41) is 4.99. The first kappa shape index (κ1) is 30.3. The number of nitrogens with one attached hydrogen (secondary N) is 2. The Morgan fingerprint density at radius 2 is 1.66 bits per heavy atom. The lowest BCUT2D eigenvalue weighted by Gasteiger charge is -2.18. The molecule has 4 aromatic carbocycles. The SMILES string of the molecule is COc1ccc(/C=C(\NC(=O)c2ccccc2)C(=O)Nc2cccc(S[C@H]3CC(=O)N(c4cc(C)ccc4C)C3=O)c2)cc1. The van der Waals surface area contributed by atoms with Gasteiger partial charge in [0.25, 0.3) is 11.8 Å². The molecule has 0 aromatic heterocycles. The number of hydrogen-bond acceptors (Lipinski definition) is 6. The van der Waals surface area contributed by atoms with Gasteiger partial charge in [0, 0.05) is 22.6 Å². The van der Waals surface area contributed by atoms with Gasteiger partial charge in [-0.3, -0.25) is 19.2 Å². The number of imide groups is 1. The smallest absolute Gasteiger partial charge is 0.272 e. The van der Waals surface area contributed by atoms with Gasteiger partial charge in [0.05, 0.1) is 18.0 Å². The topological polar surface area (TPSA) is 105 Å². The summed E-state index contributed by atoms with van der Waals surface area (Å²) in [6.45, 7) is 3.80. The van der Waals surface area contributed by atoms with Crippen molar-refractivity contribution in [2.24, 2.45) is 0 Å². The quantitative estimate of drug-likeness (QED) is 0.175. The monoisotopic (exact) mass is 605 g/mol. The van der Waals surface area contributed by atoms with Crippen molar-refractivity contribution in [3.63, 3.8) is 0 Å². The molecule has 1 fully saturated rings. The largest absolute Gasteiger partial charge is 0.497 e. The van der Waals surface area contributed by atoms with E-state index in [2.05, 4.69) is 10.6 Å². The van der Waals surface area contributed by atoms with E-state index in [1.165, 1.54) is 16.7 Å². The molecular formula is C35H31N3O5S. The second-order valence-corrected chi connectivity index (χ2v) is 11.6. The highest BCUT2D eigenvalue weighted by molar-refractivity contribution is 8.00. The van der Waals surface area contributed by atoms with Gasteiger partial charge in [-0.15, -0.1) is 11.8 Å². The summed E-state index contributed by atoms with van der Waals surface area (Å²) in [4.78, 5) is 54.7. The second-order valence-electron chi connectivity index (χ2n) is 10.3. The Bertz CT molecular complexity index is 1750. The number of ether oxygens (including phenoxy) is 1. The van der Waals surface area contributed by atoms with Gasteiger partial charge in [-0.25, -0.2) is 4.90 Å². The van der Waals surface area contributed by atoms with Crippen LogP contribution in [0.15, 0.2) is 108 Å². The maximum Gasteiger partial charge on any atom is 0.272 e. The lowest BCUT2D eigenvalue weighted by molar-refractivity contribution is -0.121. The molecule has 1 saturated heterocycles. The summed E-state index contributed by atoms with van der Waals surface area (Å²) in [6, 6.07) is 28.4. The third-order valence-electron chi connectivity index (χ3n) is 7.04. The number of thioether (sulfide) groups is 1.